The largest absolute Gasteiger partial charge is 0.442 e. The van der Waals surface area contributed by atoms with E-state index in [1.807, 2.05) is 0 Å². The molecule has 0 aromatic carbocycles. The molecule has 8 heteroatoms. The lowest BCUT2D eigenvalue weighted by atomic mass is 10.2. The van der Waals surface area contributed by atoms with Crippen molar-refractivity contribution in [3.63, 3.8) is 0 Å². The highest BCUT2D eigenvalue weighted by molar-refractivity contribution is 6.29. The van der Waals surface area contributed by atoms with Gasteiger partial charge in [0.25, 0.3) is 0 Å². The van der Waals surface area contributed by atoms with E-state index < -0.39 is 11.7 Å². The van der Waals surface area contributed by atoms with Gasteiger partial charge in [-0.3, -0.25) is 4.79 Å². The van der Waals surface area contributed by atoms with E-state index in [1.54, 1.807) is 45.2 Å². The third kappa shape index (κ3) is 4.82. The lowest BCUT2D eigenvalue weighted by Crippen LogP contribution is -2.29. The molecular formula is C18H21ClN4O3. The number of pyridine rings is 1. The van der Waals surface area contributed by atoms with Crippen LogP contribution in [0.1, 0.15) is 50.8 Å². The zero-order valence-electron chi connectivity index (χ0n) is 15.0. The number of amides is 1. The quantitative estimate of drug-likeness (QED) is 0.821. The second-order valence-electron chi connectivity index (χ2n) is 7.33. The van der Waals surface area contributed by atoms with Crippen molar-refractivity contribution in [2.75, 3.05) is 5.32 Å². The minimum Gasteiger partial charge on any atom is -0.442 e. The first-order chi connectivity index (χ1) is 12.2. The normalized spacial score (nSPS) is 14.2. The van der Waals surface area contributed by atoms with Crippen LogP contribution in [0.25, 0.3) is 0 Å². The minimum atomic E-state index is -0.654. The second kappa shape index (κ2) is 7.07. The van der Waals surface area contributed by atoms with E-state index in [0.717, 1.165) is 28.8 Å². The monoisotopic (exact) mass is 376 g/mol. The third-order valence-electron chi connectivity index (χ3n) is 3.71. The standard InChI is InChI=1S/C18H21ClN4O3/c1-18(2,3)26-17(25)23-15(9-13(22-23)12-5-6-12)21-16(24)8-11-4-7-14(19)20-10-11/h4,7,9-10,12H,5-6,8H2,1-3H3,(H,21,24). The Bertz CT molecular complexity index is 820. The molecule has 1 amide bonds. The Morgan fingerprint density at radius 2 is 2.08 bits per heavy atom. The number of hydrogen-bond acceptors (Lipinski definition) is 5. The van der Waals surface area contributed by atoms with Crippen molar-refractivity contribution in [3.05, 3.63) is 40.8 Å². The highest BCUT2D eigenvalue weighted by atomic mass is 35.5. The van der Waals surface area contributed by atoms with Crippen molar-refractivity contribution >= 4 is 29.4 Å². The number of nitrogens with zero attached hydrogens (tertiary/aromatic N) is 3. The van der Waals surface area contributed by atoms with Crippen LogP contribution >= 0.6 is 11.6 Å². The SMILES string of the molecule is CC(C)(C)OC(=O)n1nc(C2CC2)cc1NC(=O)Cc1ccc(Cl)nc1. The molecule has 0 saturated heterocycles. The van der Waals surface area contributed by atoms with Crippen molar-refractivity contribution in [3.8, 4) is 0 Å². The lowest BCUT2D eigenvalue weighted by molar-refractivity contribution is -0.115. The molecule has 1 fully saturated rings. The van der Waals surface area contributed by atoms with E-state index in [-0.39, 0.29) is 12.3 Å². The summed E-state index contributed by atoms with van der Waals surface area (Å²) in [5.41, 5.74) is 0.857. The summed E-state index contributed by atoms with van der Waals surface area (Å²) in [7, 11) is 0. The maximum atomic E-state index is 12.4. The molecule has 1 N–H and O–H groups in total. The number of rotatable bonds is 4. The van der Waals surface area contributed by atoms with Gasteiger partial charge < -0.3 is 10.1 Å². The van der Waals surface area contributed by atoms with Gasteiger partial charge in [0.2, 0.25) is 5.91 Å². The molecule has 0 bridgehead atoms. The molecule has 1 aliphatic carbocycles. The molecule has 2 aromatic heterocycles. The molecule has 2 heterocycles. The first-order valence-corrected chi connectivity index (χ1v) is 8.83. The molecule has 0 spiro atoms. The predicted molar refractivity (Wildman–Crippen MR) is 97.4 cm³/mol. The molecule has 0 radical (unpaired) electrons. The fourth-order valence-corrected chi connectivity index (χ4v) is 2.51. The van der Waals surface area contributed by atoms with Gasteiger partial charge in [-0.05, 0) is 45.2 Å². The Morgan fingerprint density at radius 3 is 2.65 bits per heavy atom. The number of anilines is 1. The zero-order chi connectivity index (χ0) is 18.9. The van der Waals surface area contributed by atoms with E-state index in [2.05, 4.69) is 15.4 Å². The van der Waals surface area contributed by atoms with Gasteiger partial charge in [-0.15, -0.1) is 4.68 Å². The van der Waals surface area contributed by atoms with Crippen LogP contribution in [0, 0.1) is 0 Å². The Hall–Kier alpha value is -2.41. The van der Waals surface area contributed by atoms with Crippen LogP contribution in [-0.2, 0) is 16.0 Å². The Balaban J connectivity index is 1.76. The summed E-state index contributed by atoms with van der Waals surface area (Å²) < 4.78 is 6.50. The van der Waals surface area contributed by atoms with E-state index in [1.165, 1.54) is 0 Å². The molecule has 2 aromatic rings. The number of nitrogens with one attached hydrogen (secondary N) is 1. The molecule has 1 aliphatic rings. The van der Waals surface area contributed by atoms with Crippen molar-refractivity contribution in [2.45, 2.75) is 51.6 Å². The fourth-order valence-electron chi connectivity index (χ4n) is 2.39. The summed E-state index contributed by atoms with van der Waals surface area (Å²) in [4.78, 5) is 28.7. The first-order valence-electron chi connectivity index (χ1n) is 8.45. The molecule has 0 aliphatic heterocycles. The number of hydrogen-bond donors (Lipinski definition) is 1. The maximum Gasteiger partial charge on any atom is 0.437 e. The van der Waals surface area contributed by atoms with Gasteiger partial charge in [0.1, 0.15) is 16.6 Å². The van der Waals surface area contributed by atoms with Crippen LogP contribution in [-0.4, -0.2) is 32.4 Å². The van der Waals surface area contributed by atoms with Crippen LogP contribution in [0.2, 0.25) is 5.15 Å². The van der Waals surface area contributed by atoms with Crippen LogP contribution in [0.5, 0.6) is 0 Å². The number of carbonyl (C=O) groups excluding carboxylic acids is 2. The van der Waals surface area contributed by atoms with E-state index in [9.17, 15) is 9.59 Å². The van der Waals surface area contributed by atoms with Crippen molar-refractivity contribution in [1.82, 2.24) is 14.8 Å². The van der Waals surface area contributed by atoms with Gasteiger partial charge >= 0.3 is 6.09 Å². The van der Waals surface area contributed by atoms with Crippen LogP contribution in [0.4, 0.5) is 10.6 Å². The average molecular weight is 377 g/mol. The molecule has 3 rings (SSSR count). The fraction of sp³-hybridized carbons (Fsp3) is 0.444. The van der Waals surface area contributed by atoms with Crippen molar-refractivity contribution in [1.29, 1.82) is 0 Å². The number of carbonyl (C=O) groups is 2. The van der Waals surface area contributed by atoms with E-state index >= 15 is 0 Å². The molecule has 0 atom stereocenters. The molecule has 0 unspecified atom stereocenters. The first kappa shape index (κ1) is 18.4. The van der Waals surface area contributed by atoms with Crippen molar-refractivity contribution in [2.24, 2.45) is 0 Å². The number of halogens is 1. The Morgan fingerprint density at radius 1 is 1.35 bits per heavy atom. The zero-order valence-corrected chi connectivity index (χ0v) is 15.7. The predicted octanol–water partition coefficient (Wildman–Crippen LogP) is 3.77. The maximum absolute atomic E-state index is 12.4. The van der Waals surface area contributed by atoms with Gasteiger partial charge in [-0.2, -0.15) is 5.10 Å². The topological polar surface area (TPSA) is 86.1 Å². The van der Waals surface area contributed by atoms with Crippen LogP contribution in [0.3, 0.4) is 0 Å². The van der Waals surface area contributed by atoms with Gasteiger partial charge in [-0.25, -0.2) is 9.78 Å². The summed E-state index contributed by atoms with van der Waals surface area (Å²) in [5.74, 6) is 0.379. The highest BCUT2D eigenvalue weighted by Crippen LogP contribution is 2.40. The Kier molecular flexibility index (Phi) is 5.00. The van der Waals surface area contributed by atoms with Crippen LogP contribution < -0.4 is 5.32 Å². The molecular weight excluding hydrogens is 356 g/mol. The van der Waals surface area contributed by atoms with Gasteiger partial charge in [0, 0.05) is 18.2 Å². The minimum absolute atomic E-state index is 0.114. The summed E-state index contributed by atoms with van der Waals surface area (Å²) in [5, 5.41) is 7.44. The Labute approximate surface area is 156 Å². The third-order valence-corrected chi connectivity index (χ3v) is 3.93. The summed E-state index contributed by atoms with van der Waals surface area (Å²) >= 11 is 5.75. The van der Waals surface area contributed by atoms with Gasteiger partial charge in [0.15, 0.2) is 0 Å². The smallest absolute Gasteiger partial charge is 0.437 e. The molecule has 7 nitrogen and oxygen atoms in total. The van der Waals surface area contributed by atoms with Gasteiger partial charge in [-0.1, -0.05) is 17.7 Å². The van der Waals surface area contributed by atoms with Gasteiger partial charge in [0.05, 0.1) is 12.1 Å². The lowest BCUT2D eigenvalue weighted by Gasteiger charge is -2.19. The molecule has 138 valence electrons. The highest BCUT2D eigenvalue weighted by Gasteiger charge is 2.30. The molecule has 1 saturated carbocycles. The summed E-state index contributed by atoms with van der Waals surface area (Å²) in [6, 6.07) is 5.09. The van der Waals surface area contributed by atoms with E-state index in [4.69, 9.17) is 16.3 Å². The summed E-state index contributed by atoms with van der Waals surface area (Å²) in [6.07, 6.45) is 3.11. The van der Waals surface area contributed by atoms with E-state index in [0.29, 0.717) is 16.9 Å². The summed E-state index contributed by atoms with van der Waals surface area (Å²) in [6.45, 7) is 5.34. The average Bonchev–Trinajstić information content (AvgIpc) is 3.29. The second-order valence-corrected chi connectivity index (χ2v) is 7.72. The number of ether oxygens (including phenoxy) is 1. The van der Waals surface area contributed by atoms with Crippen molar-refractivity contribution < 1.29 is 14.3 Å². The molecule has 26 heavy (non-hydrogen) atoms. The number of aromatic nitrogens is 3. The van der Waals surface area contributed by atoms with Crippen LogP contribution in [0.15, 0.2) is 24.4 Å².